The van der Waals surface area contributed by atoms with Crippen molar-refractivity contribution in [1.29, 1.82) is 0 Å². The molecule has 0 saturated carbocycles. The van der Waals surface area contributed by atoms with Gasteiger partial charge in [-0.25, -0.2) is 12.8 Å². The number of benzene rings is 1. The maximum atomic E-state index is 13.1. The third-order valence-electron chi connectivity index (χ3n) is 5.26. The van der Waals surface area contributed by atoms with Gasteiger partial charge in [0.25, 0.3) is 0 Å². The van der Waals surface area contributed by atoms with Crippen molar-refractivity contribution in [2.75, 3.05) is 6.54 Å². The second-order valence-electron chi connectivity index (χ2n) is 7.09. The average Bonchev–Trinajstić information content (AvgIpc) is 3.18. The summed E-state index contributed by atoms with van der Waals surface area (Å²) in [4.78, 5) is 0. The Bertz CT molecular complexity index is 879. The molecule has 26 heavy (non-hydrogen) atoms. The maximum absolute atomic E-state index is 13.1. The van der Waals surface area contributed by atoms with Crippen LogP contribution in [-0.4, -0.2) is 34.0 Å². The van der Waals surface area contributed by atoms with Gasteiger partial charge in [0.05, 0.1) is 11.8 Å². The number of hydrogen-bond donors (Lipinski definition) is 0. The summed E-state index contributed by atoms with van der Waals surface area (Å²) in [6.45, 7) is 1.36. The van der Waals surface area contributed by atoms with Gasteiger partial charge >= 0.3 is 0 Å². The molecule has 1 aromatic carbocycles. The molecule has 0 amide bonds. The first-order valence-electron chi connectivity index (χ1n) is 9.20. The molecular weight excluding hydrogens is 355 g/mol. The van der Waals surface area contributed by atoms with Crippen LogP contribution in [0.5, 0.6) is 0 Å². The van der Waals surface area contributed by atoms with Crippen molar-refractivity contribution in [2.45, 2.75) is 56.9 Å². The predicted molar refractivity (Wildman–Crippen MR) is 95.3 cm³/mol. The van der Waals surface area contributed by atoms with Crippen LogP contribution in [0.25, 0.3) is 0 Å². The van der Waals surface area contributed by atoms with Gasteiger partial charge in [-0.05, 0) is 43.4 Å². The molecule has 0 unspecified atom stereocenters. The van der Waals surface area contributed by atoms with Crippen molar-refractivity contribution in [2.24, 2.45) is 0 Å². The maximum Gasteiger partial charge on any atom is 0.218 e. The van der Waals surface area contributed by atoms with Crippen molar-refractivity contribution in [3.05, 3.63) is 47.3 Å². The molecule has 1 atom stereocenters. The summed E-state index contributed by atoms with van der Waals surface area (Å²) in [5.41, 5.74) is 0.595. The second kappa shape index (κ2) is 7.08. The van der Waals surface area contributed by atoms with Crippen LogP contribution < -0.4 is 0 Å². The summed E-state index contributed by atoms with van der Waals surface area (Å²) >= 11 is 0. The number of sulfonamides is 1. The first-order chi connectivity index (χ1) is 12.5. The molecule has 0 aliphatic carbocycles. The van der Waals surface area contributed by atoms with Gasteiger partial charge in [0.1, 0.15) is 11.6 Å². The Morgan fingerprint density at radius 2 is 1.85 bits per heavy atom. The number of aromatic nitrogens is 3. The number of rotatable bonds is 4. The van der Waals surface area contributed by atoms with Crippen molar-refractivity contribution in [3.63, 3.8) is 0 Å². The lowest BCUT2D eigenvalue weighted by atomic mass is 10.2. The Morgan fingerprint density at radius 1 is 1.04 bits per heavy atom. The van der Waals surface area contributed by atoms with Crippen molar-refractivity contribution in [3.8, 4) is 0 Å². The van der Waals surface area contributed by atoms with Crippen LogP contribution in [0.4, 0.5) is 4.39 Å². The summed E-state index contributed by atoms with van der Waals surface area (Å²) in [5, 5.41) is 8.68. The van der Waals surface area contributed by atoms with Crippen LogP contribution in [0.15, 0.2) is 24.3 Å². The Hall–Kier alpha value is -1.80. The molecule has 2 aromatic rings. The van der Waals surface area contributed by atoms with Gasteiger partial charge in [0.15, 0.2) is 5.82 Å². The molecule has 0 bridgehead atoms. The Balaban J connectivity index is 1.60. The molecule has 2 aliphatic rings. The van der Waals surface area contributed by atoms with E-state index in [1.54, 1.807) is 4.31 Å². The van der Waals surface area contributed by atoms with Gasteiger partial charge < -0.3 is 4.57 Å². The zero-order valence-electron chi connectivity index (χ0n) is 14.6. The van der Waals surface area contributed by atoms with Gasteiger partial charge in [0, 0.05) is 19.5 Å². The van der Waals surface area contributed by atoms with E-state index in [2.05, 4.69) is 14.8 Å². The predicted octanol–water partition coefficient (Wildman–Crippen LogP) is 2.81. The molecule has 0 spiro atoms. The molecule has 1 saturated heterocycles. The fraction of sp³-hybridized carbons (Fsp3) is 0.556. The summed E-state index contributed by atoms with van der Waals surface area (Å²) < 4.78 is 42.8. The average molecular weight is 378 g/mol. The summed E-state index contributed by atoms with van der Waals surface area (Å²) in [7, 11) is -3.51. The van der Waals surface area contributed by atoms with E-state index in [1.165, 1.54) is 30.7 Å². The van der Waals surface area contributed by atoms with Crippen LogP contribution in [0.1, 0.15) is 55.4 Å². The topological polar surface area (TPSA) is 68.1 Å². The lowest BCUT2D eigenvalue weighted by Gasteiger charge is -2.24. The van der Waals surface area contributed by atoms with E-state index in [9.17, 15) is 12.8 Å². The molecule has 3 heterocycles. The smallest absolute Gasteiger partial charge is 0.218 e. The third-order valence-corrected chi connectivity index (χ3v) is 7.11. The standard InChI is InChI=1S/C18H23FN4O2S/c19-15-9-7-14(8-10-15)13-26(24,25)23-12-4-5-16(23)18-21-20-17-6-2-1-3-11-22(17)18/h7-10,16H,1-6,11-13H2/t16-/m0/s1. The van der Waals surface area contributed by atoms with E-state index < -0.39 is 10.0 Å². The minimum atomic E-state index is -3.51. The highest BCUT2D eigenvalue weighted by Crippen LogP contribution is 2.35. The summed E-state index contributed by atoms with van der Waals surface area (Å²) in [6, 6.07) is 5.40. The molecule has 8 heteroatoms. The number of fused-ring (bicyclic) bond motifs is 1. The van der Waals surface area contributed by atoms with Gasteiger partial charge in [-0.1, -0.05) is 18.6 Å². The van der Waals surface area contributed by atoms with E-state index in [-0.39, 0.29) is 17.6 Å². The van der Waals surface area contributed by atoms with E-state index >= 15 is 0 Å². The number of halogens is 1. The molecule has 6 nitrogen and oxygen atoms in total. The van der Waals surface area contributed by atoms with Gasteiger partial charge in [-0.2, -0.15) is 4.31 Å². The van der Waals surface area contributed by atoms with Crippen molar-refractivity contribution < 1.29 is 12.8 Å². The molecule has 4 rings (SSSR count). The molecular formula is C18H23FN4O2S. The monoisotopic (exact) mass is 378 g/mol. The first-order valence-corrected chi connectivity index (χ1v) is 10.8. The SMILES string of the molecule is O=S(=O)(Cc1ccc(F)cc1)N1CCC[C@H]1c1nnc2n1CCCCC2. The lowest BCUT2D eigenvalue weighted by Crippen LogP contribution is -2.33. The first kappa shape index (κ1) is 17.6. The minimum absolute atomic E-state index is 0.120. The summed E-state index contributed by atoms with van der Waals surface area (Å²) in [5.74, 6) is 1.27. The zero-order valence-corrected chi connectivity index (χ0v) is 15.5. The largest absolute Gasteiger partial charge is 0.314 e. The molecule has 0 N–H and O–H groups in total. The third kappa shape index (κ3) is 3.40. The minimum Gasteiger partial charge on any atom is -0.314 e. The van der Waals surface area contributed by atoms with Crippen molar-refractivity contribution >= 4 is 10.0 Å². The van der Waals surface area contributed by atoms with Crippen LogP contribution in [0.2, 0.25) is 0 Å². The molecule has 0 radical (unpaired) electrons. The fourth-order valence-corrected chi connectivity index (χ4v) is 5.73. The van der Waals surface area contributed by atoms with Gasteiger partial charge in [0.2, 0.25) is 10.0 Å². The van der Waals surface area contributed by atoms with Gasteiger partial charge in [-0.3, -0.25) is 0 Å². The summed E-state index contributed by atoms with van der Waals surface area (Å²) in [6.07, 6.45) is 5.83. The van der Waals surface area contributed by atoms with Crippen LogP contribution >= 0.6 is 0 Å². The molecule has 1 aromatic heterocycles. The number of aryl methyl sites for hydroxylation is 1. The Labute approximate surface area is 153 Å². The lowest BCUT2D eigenvalue weighted by molar-refractivity contribution is 0.370. The Morgan fingerprint density at radius 3 is 2.65 bits per heavy atom. The zero-order chi connectivity index (χ0) is 18.1. The molecule has 140 valence electrons. The van der Waals surface area contributed by atoms with Crippen LogP contribution in [0.3, 0.4) is 0 Å². The van der Waals surface area contributed by atoms with Crippen LogP contribution in [-0.2, 0) is 28.7 Å². The Kier molecular flexibility index (Phi) is 4.79. The quantitative estimate of drug-likeness (QED) is 0.820. The van der Waals surface area contributed by atoms with Crippen molar-refractivity contribution in [1.82, 2.24) is 19.1 Å². The van der Waals surface area contributed by atoms with E-state index in [4.69, 9.17) is 0 Å². The molecule has 1 fully saturated rings. The highest BCUT2D eigenvalue weighted by Gasteiger charge is 2.38. The second-order valence-corrected chi connectivity index (χ2v) is 9.01. The van der Waals surface area contributed by atoms with Crippen LogP contribution in [0, 0.1) is 5.82 Å². The highest BCUT2D eigenvalue weighted by molar-refractivity contribution is 7.88. The van der Waals surface area contributed by atoms with E-state index in [0.29, 0.717) is 12.1 Å². The number of hydrogen-bond acceptors (Lipinski definition) is 4. The van der Waals surface area contributed by atoms with E-state index in [1.807, 2.05) is 0 Å². The van der Waals surface area contributed by atoms with E-state index in [0.717, 1.165) is 50.3 Å². The number of nitrogens with zero attached hydrogens (tertiary/aromatic N) is 4. The van der Waals surface area contributed by atoms with Gasteiger partial charge in [-0.15, -0.1) is 10.2 Å². The highest BCUT2D eigenvalue weighted by atomic mass is 32.2. The normalized spacial score (nSPS) is 21.5. The fourth-order valence-electron chi connectivity index (χ4n) is 3.96. The molecule has 2 aliphatic heterocycles.